The highest BCUT2D eigenvalue weighted by Crippen LogP contribution is 2.31. The van der Waals surface area contributed by atoms with E-state index in [0.29, 0.717) is 5.56 Å². The third-order valence-corrected chi connectivity index (χ3v) is 4.33. The van der Waals surface area contributed by atoms with Gasteiger partial charge in [-0.05, 0) is 30.3 Å². The fourth-order valence-electron chi connectivity index (χ4n) is 3.11. The first-order valence-electron chi connectivity index (χ1n) is 8.09. The summed E-state index contributed by atoms with van der Waals surface area (Å²) in [5.74, 6) is -0.187. The Balaban J connectivity index is 0.00000196. The first kappa shape index (κ1) is 17.7. The first-order valence-corrected chi connectivity index (χ1v) is 8.09. The van der Waals surface area contributed by atoms with E-state index in [1.807, 2.05) is 42.1 Å². The normalized spacial score (nSPS) is 10.8. The summed E-state index contributed by atoms with van der Waals surface area (Å²) in [6.07, 6.45) is 3.81. The van der Waals surface area contributed by atoms with Gasteiger partial charge < -0.3 is 20.0 Å². The molecule has 0 saturated carbocycles. The van der Waals surface area contributed by atoms with Crippen LogP contribution in [-0.4, -0.2) is 38.7 Å². The summed E-state index contributed by atoms with van der Waals surface area (Å²) >= 11 is 0. The van der Waals surface area contributed by atoms with Crippen molar-refractivity contribution in [1.29, 1.82) is 0 Å². The number of carbonyl (C=O) groups is 1. The van der Waals surface area contributed by atoms with Crippen LogP contribution in [0, 0.1) is 0 Å². The second-order valence-corrected chi connectivity index (χ2v) is 5.99. The molecule has 6 heteroatoms. The standard InChI is InChI=1S/C19H18N4O2.CH4/c1-23-11-15(16-9-12-3-2-6-20-18(12)22-16)14-5-4-13(10-17(14)23)19(25)21-7-8-24;/h2-6,9-11,24H,7-8H2,1H3,(H,20,22)(H,21,25);1H4. The summed E-state index contributed by atoms with van der Waals surface area (Å²) in [6.45, 7) is 0.175. The number of nitrogens with zero attached hydrogens (tertiary/aromatic N) is 2. The van der Waals surface area contributed by atoms with Crippen LogP contribution in [0.2, 0.25) is 0 Å². The first-order chi connectivity index (χ1) is 12.2. The molecular weight excluding hydrogens is 328 g/mol. The molecule has 4 rings (SSSR count). The van der Waals surface area contributed by atoms with E-state index in [1.54, 1.807) is 12.3 Å². The summed E-state index contributed by atoms with van der Waals surface area (Å²) in [7, 11) is 1.96. The molecule has 0 bridgehead atoms. The number of fused-ring (bicyclic) bond motifs is 2. The molecule has 0 radical (unpaired) electrons. The maximum atomic E-state index is 12.1. The van der Waals surface area contributed by atoms with E-state index in [9.17, 15) is 4.79 Å². The molecule has 0 unspecified atom stereocenters. The summed E-state index contributed by atoms with van der Waals surface area (Å²) in [4.78, 5) is 19.8. The van der Waals surface area contributed by atoms with Crippen molar-refractivity contribution in [3.63, 3.8) is 0 Å². The van der Waals surface area contributed by atoms with Crippen LogP contribution in [0.15, 0.2) is 48.8 Å². The highest BCUT2D eigenvalue weighted by molar-refractivity contribution is 6.02. The maximum absolute atomic E-state index is 12.1. The van der Waals surface area contributed by atoms with Crippen molar-refractivity contribution in [2.24, 2.45) is 7.05 Å². The molecular formula is C20H22N4O2. The van der Waals surface area contributed by atoms with Gasteiger partial charge in [0.1, 0.15) is 5.65 Å². The molecule has 3 heterocycles. The zero-order chi connectivity index (χ0) is 17.4. The van der Waals surface area contributed by atoms with Crippen LogP contribution in [0.1, 0.15) is 17.8 Å². The molecule has 0 aliphatic carbocycles. The number of aryl methyl sites for hydroxylation is 1. The molecule has 0 aliphatic rings. The Morgan fingerprint density at radius 2 is 2.15 bits per heavy atom. The summed E-state index contributed by atoms with van der Waals surface area (Å²) < 4.78 is 2.01. The van der Waals surface area contributed by atoms with E-state index in [2.05, 4.69) is 21.4 Å². The molecule has 134 valence electrons. The Labute approximate surface area is 151 Å². The van der Waals surface area contributed by atoms with Gasteiger partial charge in [-0.25, -0.2) is 4.98 Å². The average Bonchev–Trinajstić information content (AvgIpc) is 3.20. The zero-order valence-electron chi connectivity index (χ0n) is 13.8. The Morgan fingerprint density at radius 3 is 2.92 bits per heavy atom. The number of hydrogen-bond acceptors (Lipinski definition) is 3. The highest BCUT2D eigenvalue weighted by atomic mass is 16.3. The summed E-state index contributed by atoms with van der Waals surface area (Å²) in [5, 5.41) is 13.6. The molecule has 3 aromatic heterocycles. The van der Waals surface area contributed by atoms with Crippen molar-refractivity contribution in [2.75, 3.05) is 13.2 Å². The molecule has 0 saturated heterocycles. The predicted molar refractivity (Wildman–Crippen MR) is 104 cm³/mol. The number of carbonyl (C=O) groups excluding carboxylic acids is 1. The van der Waals surface area contributed by atoms with Gasteiger partial charge in [0.15, 0.2) is 0 Å². The smallest absolute Gasteiger partial charge is 0.251 e. The van der Waals surface area contributed by atoms with Gasteiger partial charge in [0.2, 0.25) is 0 Å². The van der Waals surface area contributed by atoms with Crippen LogP contribution in [0.4, 0.5) is 0 Å². The fourth-order valence-corrected chi connectivity index (χ4v) is 3.11. The molecule has 0 aliphatic heterocycles. The van der Waals surface area contributed by atoms with Gasteiger partial charge in [0, 0.05) is 59.1 Å². The lowest BCUT2D eigenvalue weighted by Gasteiger charge is -2.04. The van der Waals surface area contributed by atoms with Crippen molar-refractivity contribution in [3.05, 3.63) is 54.4 Å². The van der Waals surface area contributed by atoms with Gasteiger partial charge in [-0.1, -0.05) is 13.5 Å². The van der Waals surface area contributed by atoms with Crippen LogP contribution in [-0.2, 0) is 7.05 Å². The predicted octanol–water partition coefficient (Wildman–Crippen LogP) is 3.08. The number of H-pyrrole nitrogens is 1. The lowest BCUT2D eigenvalue weighted by atomic mass is 10.1. The Hall–Kier alpha value is -3.12. The number of aromatic amines is 1. The van der Waals surface area contributed by atoms with E-state index < -0.39 is 0 Å². The molecule has 0 atom stereocenters. The SMILES string of the molecule is C.Cn1cc(-c2cc3cccnc3[nH]2)c2ccc(C(=O)NCCO)cc21. The monoisotopic (exact) mass is 350 g/mol. The lowest BCUT2D eigenvalue weighted by Crippen LogP contribution is -2.26. The van der Waals surface area contributed by atoms with Crippen molar-refractivity contribution in [3.8, 4) is 11.3 Å². The summed E-state index contributed by atoms with van der Waals surface area (Å²) in [6, 6.07) is 11.7. The van der Waals surface area contributed by atoms with Gasteiger partial charge in [-0.2, -0.15) is 0 Å². The van der Waals surface area contributed by atoms with Gasteiger partial charge in [-0.15, -0.1) is 0 Å². The van der Waals surface area contributed by atoms with Gasteiger partial charge in [0.25, 0.3) is 5.91 Å². The number of rotatable bonds is 4. The minimum absolute atomic E-state index is 0. The molecule has 26 heavy (non-hydrogen) atoms. The minimum Gasteiger partial charge on any atom is -0.395 e. The Bertz CT molecular complexity index is 1040. The van der Waals surface area contributed by atoms with Gasteiger partial charge in [-0.3, -0.25) is 4.79 Å². The average molecular weight is 350 g/mol. The van der Waals surface area contributed by atoms with Crippen LogP contribution in [0.25, 0.3) is 33.2 Å². The molecule has 1 amide bonds. The molecule has 0 fully saturated rings. The number of amides is 1. The van der Waals surface area contributed by atoms with Crippen LogP contribution >= 0.6 is 0 Å². The molecule has 6 nitrogen and oxygen atoms in total. The molecule has 4 aromatic rings. The Morgan fingerprint density at radius 1 is 1.31 bits per heavy atom. The number of nitrogens with one attached hydrogen (secondary N) is 2. The topological polar surface area (TPSA) is 82.9 Å². The van der Waals surface area contributed by atoms with E-state index in [1.165, 1.54) is 0 Å². The van der Waals surface area contributed by atoms with Crippen LogP contribution < -0.4 is 5.32 Å². The van der Waals surface area contributed by atoms with Crippen molar-refractivity contribution in [2.45, 2.75) is 7.43 Å². The number of pyridine rings is 1. The van der Waals surface area contributed by atoms with E-state index in [-0.39, 0.29) is 26.5 Å². The lowest BCUT2D eigenvalue weighted by molar-refractivity contribution is 0.0945. The van der Waals surface area contributed by atoms with E-state index in [4.69, 9.17) is 5.11 Å². The molecule has 1 aromatic carbocycles. The van der Waals surface area contributed by atoms with Gasteiger partial charge in [0.05, 0.1) is 6.61 Å². The molecule has 3 N–H and O–H groups in total. The zero-order valence-corrected chi connectivity index (χ0v) is 13.8. The van der Waals surface area contributed by atoms with E-state index in [0.717, 1.165) is 33.2 Å². The number of benzene rings is 1. The number of hydrogen-bond donors (Lipinski definition) is 3. The van der Waals surface area contributed by atoms with E-state index >= 15 is 0 Å². The Kier molecular flexibility index (Phi) is 4.77. The fraction of sp³-hybridized carbons (Fsp3) is 0.200. The largest absolute Gasteiger partial charge is 0.395 e. The number of aliphatic hydroxyl groups is 1. The second-order valence-electron chi connectivity index (χ2n) is 5.99. The van der Waals surface area contributed by atoms with Crippen molar-refractivity contribution >= 4 is 27.8 Å². The number of aromatic nitrogens is 3. The van der Waals surface area contributed by atoms with Crippen molar-refractivity contribution < 1.29 is 9.90 Å². The third kappa shape index (κ3) is 2.95. The van der Waals surface area contributed by atoms with Crippen LogP contribution in [0.5, 0.6) is 0 Å². The third-order valence-electron chi connectivity index (χ3n) is 4.33. The maximum Gasteiger partial charge on any atom is 0.251 e. The highest BCUT2D eigenvalue weighted by Gasteiger charge is 2.14. The quantitative estimate of drug-likeness (QED) is 0.529. The second kappa shape index (κ2) is 7.01. The molecule has 0 spiro atoms. The number of aliphatic hydroxyl groups excluding tert-OH is 1. The van der Waals surface area contributed by atoms with Gasteiger partial charge >= 0.3 is 0 Å². The minimum atomic E-state index is -0.187. The van der Waals surface area contributed by atoms with Crippen molar-refractivity contribution in [1.82, 2.24) is 19.9 Å². The van der Waals surface area contributed by atoms with Crippen LogP contribution in [0.3, 0.4) is 0 Å². The summed E-state index contributed by atoms with van der Waals surface area (Å²) in [5.41, 5.74) is 4.47.